The molecule has 3 atom stereocenters. The number of carbonyl (C=O) groups is 1. The Labute approximate surface area is 172 Å². The van der Waals surface area contributed by atoms with Crippen molar-refractivity contribution in [3.8, 4) is 11.5 Å². The molecule has 0 aromatic heterocycles. The minimum Gasteiger partial charge on any atom is -0.493 e. The van der Waals surface area contributed by atoms with Crippen LogP contribution < -0.4 is 9.47 Å². The maximum Gasteiger partial charge on any atom is 0.224 e. The SMILES string of the molecule is COc1ccc2c3c1O[C@@H]1C[C@H](O)C=C[C@]31CCN(C(=O)CCN1CCCC1)C2. The second-order valence-corrected chi connectivity index (χ2v) is 8.80. The molecule has 0 bridgehead atoms. The van der Waals surface area contributed by atoms with E-state index in [4.69, 9.17) is 9.47 Å². The molecule has 1 N–H and O–H groups in total. The lowest BCUT2D eigenvalue weighted by molar-refractivity contribution is -0.132. The zero-order valence-corrected chi connectivity index (χ0v) is 17.1. The molecule has 3 aliphatic heterocycles. The molecular weight excluding hydrogens is 368 g/mol. The summed E-state index contributed by atoms with van der Waals surface area (Å²) in [6.07, 6.45) is 7.86. The van der Waals surface area contributed by atoms with Crippen molar-refractivity contribution >= 4 is 5.91 Å². The Morgan fingerprint density at radius 2 is 2.14 bits per heavy atom. The van der Waals surface area contributed by atoms with E-state index in [9.17, 15) is 9.90 Å². The third-order valence-corrected chi connectivity index (χ3v) is 7.15. The van der Waals surface area contributed by atoms with E-state index in [0.29, 0.717) is 25.9 Å². The van der Waals surface area contributed by atoms with Crippen LogP contribution in [0.15, 0.2) is 24.3 Å². The van der Waals surface area contributed by atoms with Crippen LogP contribution in [0.5, 0.6) is 11.5 Å². The molecule has 5 rings (SSSR count). The van der Waals surface area contributed by atoms with E-state index in [1.165, 1.54) is 12.8 Å². The lowest BCUT2D eigenvalue weighted by Gasteiger charge is -2.35. The molecule has 4 aliphatic rings. The predicted octanol–water partition coefficient (Wildman–Crippen LogP) is 2.23. The smallest absolute Gasteiger partial charge is 0.224 e. The van der Waals surface area contributed by atoms with E-state index < -0.39 is 6.10 Å². The van der Waals surface area contributed by atoms with Crippen LogP contribution in [0.2, 0.25) is 0 Å². The first-order chi connectivity index (χ1) is 14.1. The maximum atomic E-state index is 13.0. The van der Waals surface area contributed by atoms with Gasteiger partial charge in [0.05, 0.1) is 18.6 Å². The molecule has 1 aromatic carbocycles. The summed E-state index contributed by atoms with van der Waals surface area (Å²) >= 11 is 0. The molecule has 0 radical (unpaired) electrons. The Hall–Kier alpha value is -2.05. The standard InChI is InChI=1S/C23H30N2O4/c1-28-18-5-4-16-15-25(20(27)7-12-24-10-2-3-11-24)13-9-23-8-6-17(26)14-19(23)29-22(18)21(16)23/h4-6,8,17,19,26H,2-3,7,9-15H2,1H3/t17-,19-,23-/m1/s1. The molecule has 6 heteroatoms. The fraction of sp³-hybridized carbons (Fsp3) is 0.609. The molecule has 1 amide bonds. The third-order valence-electron chi connectivity index (χ3n) is 7.15. The first kappa shape index (κ1) is 18.9. The summed E-state index contributed by atoms with van der Waals surface area (Å²) in [4.78, 5) is 17.5. The molecule has 29 heavy (non-hydrogen) atoms. The summed E-state index contributed by atoms with van der Waals surface area (Å²) < 4.78 is 11.9. The average molecular weight is 399 g/mol. The van der Waals surface area contributed by atoms with Crippen molar-refractivity contribution in [2.75, 3.05) is 33.3 Å². The number of amides is 1. The normalized spacial score (nSPS) is 30.5. The Balaban J connectivity index is 1.44. The summed E-state index contributed by atoms with van der Waals surface area (Å²) in [7, 11) is 1.66. The van der Waals surface area contributed by atoms with E-state index >= 15 is 0 Å². The number of methoxy groups -OCH3 is 1. The quantitative estimate of drug-likeness (QED) is 0.788. The molecule has 3 heterocycles. The number of aliphatic hydroxyl groups excluding tert-OH is 1. The molecule has 156 valence electrons. The summed E-state index contributed by atoms with van der Waals surface area (Å²) in [6, 6.07) is 4.02. The number of hydrogen-bond donors (Lipinski definition) is 1. The van der Waals surface area contributed by atoms with Gasteiger partial charge < -0.3 is 24.4 Å². The number of rotatable bonds is 4. The minimum absolute atomic E-state index is 0.118. The molecule has 0 saturated carbocycles. The van der Waals surface area contributed by atoms with Gasteiger partial charge in [0.25, 0.3) is 0 Å². The first-order valence-electron chi connectivity index (χ1n) is 10.9. The van der Waals surface area contributed by atoms with E-state index in [1.54, 1.807) is 7.11 Å². The van der Waals surface area contributed by atoms with Crippen molar-refractivity contribution in [2.24, 2.45) is 0 Å². The summed E-state index contributed by atoms with van der Waals surface area (Å²) in [5.74, 6) is 1.75. The van der Waals surface area contributed by atoms with Crippen LogP contribution in [0, 0.1) is 0 Å². The highest BCUT2D eigenvalue weighted by Gasteiger charge is 2.53. The number of nitrogens with zero attached hydrogens (tertiary/aromatic N) is 2. The second kappa shape index (κ2) is 7.33. The number of likely N-dealkylation sites (tertiary alicyclic amines) is 1. The predicted molar refractivity (Wildman–Crippen MR) is 109 cm³/mol. The minimum atomic E-state index is -0.490. The number of ether oxygens (including phenoxy) is 2. The fourth-order valence-electron chi connectivity index (χ4n) is 5.57. The van der Waals surface area contributed by atoms with Crippen molar-refractivity contribution in [1.82, 2.24) is 9.80 Å². The van der Waals surface area contributed by atoms with Gasteiger partial charge in [-0.2, -0.15) is 0 Å². The largest absolute Gasteiger partial charge is 0.493 e. The van der Waals surface area contributed by atoms with Crippen LogP contribution in [-0.2, 0) is 16.8 Å². The number of carbonyl (C=O) groups excluding carboxylic acids is 1. The van der Waals surface area contributed by atoms with Crippen molar-refractivity contribution < 1.29 is 19.4 Å². The van der Waals surface area contributed by atoms with Crippen molar-refractivity contribution in [3.63, 3.8) is 0 Å². The van der Waals surface area contributed by atoms with Crippen LogP contribution >= 0.6 is 0 Å². The van der Waals surface area contributed by atoms with Gasteiger partial charge in [-0.05, 0) is 44.0 Å². The van der Waals surface area contributed by atoms with E-state index in [2.05, 4.69) is 17.0 Å². The average Bonchev–Trinajstić information content (AvgIpc) is 3.31. The Morgan fingerprint density at radius 1 is 1.31 bits per heavy atom. The third kappa shape index (κ3) is 3.13. The highest BCUT2D eigenvalue weighted by molar-refractivity contribution is 5.77. The molecule has 1 spiro atoms. The van der Waals surface area contributed by atoms with Gasteiger partial charge in [0.1, 0.15) is 6.10 Å². The van der Waals surface area contributed by atoms with Crippen molar-refractivity contribution in [3.05, 3.63) is 35.4 Å². The van der Waals surface area contributed by atoms with Gasteiger partial charge >= 0.3 is 0 Å². The Morgan fingerprint density at radius 3 is 2.93 bits per heavy atom. The number of benzene rings is 1. The number of aliphatic hydroxyl groups is 1. The van der Waals surface area contributed by atoms with Crippen molar-refractivity contribution in [1.29, 1.82) is 0 Å². The van der Waals surface area contributed by atoms with Gasteiger partial charge in [0.2, 0.25) is 5.91 Å². The topological polar surface area (TPSA) is 62.2 Å². The van der Waals surface area contributed by atoms with Crippen LogP contribution in [0.1, 0.15) is 43.2 Å². The van der Waals surface area contributed by atoms with E-state index in [1.807, 2.05) is 17.0 Å². The lowest BCUT2D eigenvalue weighted by atomic mass is 9.69. The van der Waals surface area contributed by atoms with E-state index in [0.717, 1.165) is 48.7 Å². The zero-order valence-electron chi connectivity index (χ0n) is 17.1. The lowest BCUT2D eigenvalue weighted by Crippen LogP contribution is -2.43. The monoisotopic (exact) mass is 398 g/mol. The van der Waals surface area contributed by atoms with Gasteiger partial charge in [-0.3, -0.25) is 4.79 Å². The summed E-state index contributed by atoms with van der Waals surface area (Å²) in [5, 5.41) is 10.2. The van der Waals surface area contributed by atoms with Crippen LogP contribution in [-0.4, -0.2) is 66.3 Å². The Bertz CT molecular complexity index is 832. The van der Waals surface area contributed by atoms with Gasteiger partial charge in [-0.15, -0.1) is 0 Å². The van der Waals surface area contributed by atoms with Gasteiger partial charge in [-0.1, -0.05) is 18.2 Å². The molecule has 6 nitrogen and oxygen atoms in total. The fourth-order valence-corrected chi connectivity index (χ4v) is 5.57. The summed E-state index contributed by atoms with van der Waals surface area (Å²) in [6.45, 7) is 4.41. The van der Waals surface area contributed by atoms with Gasteiger partial charge in [0.15, 0.2) is 11.5 Å². The van der Waals surface area contributed by atoms with Gasteiger partial charge in [-0.25, -0.2) is 0 Å². The molecule has 1 saturated heterocycles. The highest BCUT2D eigenvalue weighted by atomic mass is 16.5. The second-order valence-electron chi connectivity index (χ2n) is 8.80. The van der Waals surface area contributed by atoms with Crippen molar-refractivity contribution in [2.45, 2.75) is 56.3 Å². The van der Waals surface area contributed by atoms with Crippen LogP contribution in [0.4, 0.5) is 0 Å². The first-order valence-corrected chi connectivity index (χ1v) is 10.9. The molecule has 1 aliphatic carbocycles. The molecular formula is C23H30N2O4. The summed E-state index contributed by atoms with van der Waals surface area (Å²) in [5.41, 5.74) is 2.00. The Kier molecular flexibility index (Phi) is 4.79. The molecule has 1 fully saturated rings. The zero-order chi connectivity index (χ0) is 20.0. The van der Waals surface area contributed by atoms with Crippen LogP contribution in [0.25, 0.3) is 0 Å². The highest BCUT2D eigenvalue weighted by Crippen LogP contribution is 2.55. The molecule has 1 aromatic rings. The van der Waals surface area contributed by atoms with E-state index in [-0.39, 0.29) is 17.4 Å². The maximum absolute atomic E-state index is 13.0. The van der Waals surface area contributed by atoms with Gasteiger partial charge in [0, 0.05) is 38.0 Å². The van der Waals surface area contributed by atoms with Crippen LogP contribution in [0.3, 0.4) is 0 Å². The number of hydrogen-bond acceptors (Lipinski definition) is 5. The molecule has 0 unspecified atom stereocenters.